The molecule has 0 radical (unpaired) electrons. The molecule has 10 nitrogen and oxygen atoms in total. The molecule has 5 N–H and O–H groups in total. The third-order valence-electron chi connectivity index (χ3n) is 7.75. The van der Waals surface area contributed by atoms with Crippen LogP contribution in [0.25, 0.3) is 11.6 Å². The Kier molecular flexibility index (Phi) is 6.04. The van der Waals surface area contributed by atoms with Crippen LogP contribution in [0.1, 0.15) is 34.8 Å². The van der Waals surface area contributed by atoms with Gasteiger partial charge in [0.05, 0.1) is 24.2 Å². The average molecular weight is 520 g/mol. The van der Waals surface area contributed by atoms with Gasteiger partial charge in [0.1, 0.15) is 11.5 Å². The van der Waals surface area contributed by atoms with Gasteiger partial charge < -0.3 is 25.8 Å². The molecule has 2 saturated carbocycles. The highest BCUT2D eigenvalue weighted by molar-refractivity contribution is 6.32. The number of primary amides is 1. The predicted octanol–water partition coefficient (Wildman–Crippen LogP) is 0.694. The van der Waals surface area contributed by atoms with Crippen molar-refractivity contribution < 1.29 is 44.0 Å². The van der Waals surface area contributed by atoms with Crippen molar-refractivity contribution in [2.24, 2.45) is 29.4 Å². The van der Waals surface area contributed by atoms with E-state index in [0.717, 1.165) is 0 Å². The average Bonchev–Trinajstić information content (AvgIpc) is 2.87. The van der Waals surface area contributed by atoms with Gasteiger partial charge in [-0.1, -0.05) is 30.3 Å². The Balaban J connectivity index is 1.70. The van der Waals surface area contributed by atoms with Crippen molar-refractivity contribution in [3.05, 3.63) is 59.2 Å². The Morgan fingerprint density at radius 1 is 1.11 bits per heavy atom. The van der Waals surface area contributed by atoms with Crippen LogP contribution in [-0.2, 0) is 19.2 Å². The number of fused-ring (bicyclic) bond motifs is 3. The summed E-state index contributed by atoms with van der Waals surface area (Å²) in [6, 6.07) is 11.2. The summed E-state index contributed by atoms with van der Waals surface area (Å²) < 4.78 is 5.46. The molecule has 2 aromatic rings. The number of phenolic OH excluding ortho intramolecular Hbond substituents is 1. The van der Waals surface area contributed by atoms with Crippen LogP contribution >= 0.6 is 0 Å². The summed E-state index contributed by atoms with van der Waals surface area (Å²) >= 11 is 0. The zero-order valence-electron chi connectivity index (χ0n) is 20.3. The molecule has 2 fully saturated rings. The molecule has 0 spiro atoms. The number of hydrogen-bond donors (Lipinski definition) is 4. The van der Waals surface area contributed by atoms with Gasteiger partial charge in [-0.05, 0) is 41.8 Å². The van der Waals surface area contributed by atoms with Crippen molar-refractivity contribution >= 4 is 40.7 Å². The standard InChI is InChI=1S/C28H25NO9/c1-2-38-13-8-6-12(7-9-13)10-15-14-4-3-5-17(30)19(14)24(33)22-20(15)23(32)16-11-18(31)21(27(29)36)25(34)28(16,37)26(22)35/h3-10,16,20-23,30,32,37H,2,11H2,1H3,(H2,29,36)/t16-,20-,21?,22?,23-,28-/m1/s1. The second-order valence-corrected chi connectivity index (χ2v) is 9.77. The van der Waals surface area contributed by atoms with Crippen LogP contribution in [0, 0.1) is 23.7 Å². The molecule has 2 unspecified atom stereocenters. The van der Waals surface area contributed by atoms with Crippen LogP contribution in [-0.4, -0.2) is 62.7 Å². The number of Topliss-reactive ketones (excluding diaryl/α,β-unsaturated/α-hetero) is 4. The van der Waals surface area contributed by atoms with Gasteiger partial charge >= 0.3 is 0 Å². The third kappa shape index (κ3) is 3.52. The smallest absolute Gasteiger partial charge is 0.235 e. The van der Waals surface area contributed by atoms with Crippen LogP contribution in [0.2, 0.25) is 0 Å². The van der Waals surface area contributed by atoms with E-state index in [2.05, 4.69) is 0 Å². The number of aliphatic hydroxyl groups is 2. The number of rotatable bonds is 4. The minimum atomic E-state index is -2.98. The van der Waals surface area contributed by atoms with E-state index in [1.165, 1.54) is 12.1 Å². The Labute approximate surface area is 216 Å². The van der Waals surface area contributed by atoms with E-state index in [1.54, 1.807) is 36.4 Å². The lowest BCUT2D eigenvalue weighted by atomic mass is 9.51. The van der Waals surface area contributed by atoms with Crippen LogP contribution in [0.4, 0.5) is 0 Å². The van der Waals surface area contributed by atoms with E-state index < -0.39 is 76.6 Å². The second-order valence-electron chi connectivity index (χ2n) is 9.77. The van der Waals surface area contributed by atoms with Crippen molar-refractivity contribution in [2.75, 3.05) is 6.61 Å². The van der Waals surface area contributed by atoms with Crippen LogP contribution < -0.4 is 10.5 Å². The molecule has 0 saturated heterocycles. The van der Waals surface area contributed by atoms with E-state index in [-0.39, 0.29) is 11.1 Å². The molecule has 0 aliphatic heterocycles. The fourth-order valence-corrected chi connectivity index (χ4v) is 6.04. The maximum absolute atomic E-state index is 13.8. The van der Waals surface area contributed by atoms with Gasteiger partial charge in [-0.2, -0.15) is 0 Å². The van der Waals surface area contributed by atoms with E-state index in [4.69, 9.17) is 10.5 Å². The molecule has 10 heteroatoms. The fraction of sp³-hybridized carbons (Fsp3) is 0.321. The zero-order valence-corrected chi connectivity index (χ0v) is 20.3. The summed E-state index contributed by atoms with van der Waals surface area (Å²) in [6.07, 6.45) is -0.723. The first-order valence-corrected chi connectivity index (χ1v) is 12.1. The first kappa shape index (κ1) is 25.5. The molecule has 0 heterocycles. The molecule has 2 aromatic carbocycles. The Hall–Kier alpha value is -4.15. The molecule has 3 aliphatic carbocycles. The molecule has 3 aliphatic rings. The molecule has 196 valence electrons. The second kappa shape index (κ2) is 9.00. The summed E-state index contributed by atoms with van der Waals surface area (Å²) in [6.45, 7) is 2.30. The van der Waals surface area contributed by atoms with Crippen LogP contribution in [0.15, 0.2) is 42.5 Å². The Morgan fingerprint density at radius 3 is 2.42 bits per heavy atom. The van der Waals surface area contributed by atoms with Gasteiger partial charge in [0.2, 0.25) is 5.91 Å². The fourth-order valence-electron chi connectivity index (χ4n) is 6.04. The summed E-state index contributed by atoms with van der Waals surface area (Å²) in [7, 11) is 0. The predicted molar refractivity (Wildman–Crippen MR) is 132 cm³/mol. The number of hydrogen-bond acceptors (Lipinski definition) is 9. The first-order chi connectivity index (χ1) is 18.0. The lowest BCUT2D eigenvalue weighted by Gasteiger charge is -2.51. The molecule has 6 atom stereocenters. The quantitative estimate of drug-likeness (QED) is 0.423. The molecule has 1 amide bonds. The number of carbonyl (C=O) groups is 5. The molecule has 38 heavy (non-hydrogen) atoms. The van der Waals surface area contributed by atoms with Crippen LogP contribution in [0.5, 0.6) is 11.5 Å². The monoisotopic (exact) mass is 519 g/mol. The molecule has 0 bridgehead atoms. The number of carbonyl (C=O) groups excluding carboxylic acids is 5. The maximum atomic E-state index is 13.8. The number of aliphatic hydroxyl groups excluding tert-OH is 1. The first-order valence-electron chi connectivity index (χ1n) is 12.1. The van der Waals surface area contributed by atoms with Gasteiger partial charge in [0.25, 0.3) is 0 Å². The number of ketones is 4. The van der Waals surface area contributed by atoms with Gasteiger partial charge in [-0.15, -0.1) is 0 Å². The van der Waals surface area contributed by atoms with E-state index in [0.29, 0.717) is 23.5 Å². The highest BCUT2D eigenvalue weighted by Crippen LogP contribution is 2.54. The molecule has 5 rings (SSSR count). The van der Waals surface area contributed by atoms with Crippen molar-refractivity contribution in [1.82, 2.24) is 0 Å². The Bertz CT molecular complexity index is 1430. The highest BCUT2D eigenvalue weighted by Gasteiger charge is 2.69. The minimum Gasteiger partial charge on any atom is -0.507 e. The topological polar surface area (TPSA) is 181 Å². The SMILES string of the molecule is CCOc1ccc(C=C2c3cccc(O)c3C(=O)C3C(=O)[C@]4(O)C(=O)C(C(N)=O)C(=O)C[C@@H]4[C@@H](O)[C@H]23)cc1. The Morgan fingerprint density at radius 2 is 1.79 bits per heavy atom. The summed E-state index contributed by atoms with van der Waals surface area (Å²) in [5.41, 5.74) is 3.23. The zero-order chi connectivity index (χ0) is 27.5. The van der Waals surface area contributed by atoms with Gasteiger partial charge in [0, 0.05) is 18.3 Å². The minimum absolute atomic E-state index is 0.195. The van der Waals surface area contributed by atoms with Crippen molar-refractivity contribution in [1.29, 1.82) is 0 Å². The van der Waals surface area contributed by atoms with Gasteiger partial charge in [0.15, 0.2) is 34.7 Å². The maximum Gasteiger partial charge on any atom is 0.235 e. The number of nitrogens with two attached hydrogens (primary N) is 1. The van der Waals surface area contributed by atoms with Crippen LogP contribution in [0.3, 0.4) is 0 Å². The highest BCUT2D eigenvalue weighted by atomic mass is 16.5. The lowest BCUT2D eigenvalue weighted by Crippen LogP contribution is -2.72. The van der Waals surface area contributed by atoms with Gasteiger partial charge in [-0.25, -0.2) is 0 Å². The number of ether oxygens (including phenoxy) is 1. The number of phenols is 1. The number of aromatic hydroxyl groups is 1. The molecule has 0 aromatic heterocycles. The normalized spacial score (nSPS) is 31.4. The lowest BCUT2D eigenvalue weighted by molar-refractivity contribution is -0.185. The summed E-state index contributed by atoms with van der Waals surface area (Å²) in [4.78, 5) is 65.1. The number of amides is 1. The number of benzene rings is 2. The molecular formula is C28H25NO9. The largest absolute Gasteiger partial charge is 0.507 e. The van der Waals surface area contributed by atoms with E-state index >= 15 is 0 Å². The van der Waals surface area contributed by atoms with Gasteiger partial charge in [-0.3, -0.25) is 24.0 Å². The molecular weight excluding hydrogens is 494 g/mol. The van der Waals surface area contributed by atoms with Crippen molar-refractivity contribution in [2.45, 2.75) is 25.0 Å². The van der Waals surface area contributed by atoms with E-state index in [1.807, 2.05) is 6.92 Å². The van der Waals surface area contributed by atoms with Crippen molar-refractivity contribution in [3.8, 4) is 11.5 Å². The van der Waals surface area contributed by atoms with Crippen molar-refractivity contribution in [3.63, 3.8) is 0 Å². The van der Waals surface area contributed by atoms with E-state index in [9.17, 15) is 39.3 Å². The third-order valence-corrected chi connectivity index (χ3v) is 7.75. The summed E-state index contributed by atoms with van der Waals surface area (Å²) in [5.74, 6) is -12.3. The summed E-state index contributed by atoms with van der Waals surface area (Å²) in [5, 5.41) is 33.5.